The smallest absolute Gasteiger partial charge is 2.00 e. The van der Waals surface area contributed by atoms with Crippen molar-refractivity contribution in [1.82, 2.24) is 0 Å². The predicted molar refractivity (Wildman–Crippen MR) is 6.44 cm³/mol. The van der Waals surface area contributed by atoms with Gasteiger partial charge in [-0.15, -0.1) is 0 Å². The van der Waals surface area contributed by atoms with Gasteiger partial charge in [0.1, 0.15) is 0 Å². The van der Waals surface area contributed by atoms with Crippen molar-refractivity contribution in [3.05, 3.63) is 0 Å². The largest absolute Gasteiger partial charge is 4.00 e. The van der Waals surface area contributed by atoms with Crippen LogP contribution >= 0.6 is 0 Å². The first-order chi connectivity index (χ1) is 0. The third-order valence-electron chi connectivity index (χ3n) is 0. The third-order valence-corrected chi connectivity index (χ3v) is 0. The van der Waals surface area contributed by atoms with E-state index in [4.69, 9.17) is 0 Å². The minimum absolute atomic E-state index is 0. The summed E-state index contributed by atoms with van der Waals surface area (Å²) in [7, 11) is 0. The SMILES string of the molecule is [Ga+3].[Mo+4].[O-2].[Zn+2]. The first-order valence-electron chi connectivity index (χ1n) is 0. The summed E-state index contributed by atoms with van der Waals surface area (Å²) < 4.78 is 0. The molecule has 0 aromatic heterocycles. The molecule has 0 saturated carbocycles. The average molecular weight is 247 g/mol. The normalized spacial score (nSPS) is 0. The molecule has 0 amide bonds. The first-order valence-corrected chi connectivity index (χ1v) is 0. The van der Waals surface area contributed by atoms with Crippen LogP contribution in [-0.2, 0) is 46.0 Å². The van der Waals surface area contributed by atoms with Gasteiger partial charge in [-0.25, -0.2) is 0 Å². The van der Waals surface area contributed by atoms with Crippen molar-refractivity contribution in [3.63, 3.8) is 0 Å². The number of rotatable bonds is 0. The van der Waals surface area contributed by atoms with E-state index < -0.39 is 0 Å². The fraction of sp³-hybridized carbons (Fsp3) is 0. The Labute approximate surface area is 65.3 Å². The van der Waals surface area contributed by atoms with Crippen molar-refractivity contribution in [2.24, 2.45) is 0 Å². The molecule has 0 aliphatic heterocycles. The van der Waals surface area contributed by atoms with Crippen molar-refractivity contribution in [2.75, 3.05) is 0 Å². The van der Waals surface area contributed by atoms with Crippen molar-refractivity contribution in [2.45, 2.75) is 0 Å². The van der Waals surface area contributed by atoms with Gasteiger partial charge in [-0.3, -0.25) is 0 Å². The van der Waals surface area contributed by atoms with Crippen molar-refractivity contribution in [3.8, 4) is 0 Å². The molecule has 0 fully saturated rings. The zero-order chi connectivity index (χ0) is 0. The molecule has 1 nitrogen and oxygen atoms in total. The fourth-order valence-corrected chi connectivity index (χ4v) is 0. The first kappa shape index (κ1) is 39.1. The predicted octanol–water partition coefficient (Wildman–Crippen LogP) is -0.505. The second-order valence-corrected chi connectivity index (χ2v) is 0. The summed E-state index contributed by atoms with van der Waals surface area (Å²) in [5, 5.41) is 0. The van der Waals surface area contributed by atoms with Crippen LogP contribution in [0.2, 0.25) is 0 Å². The maximum Gasteiger partial charge on any atom is 4.00 e. The van der Waals surface area contributed by atoms with Crippen LogP contribution in [0, 0.1) is 0 Å². The molecule has 4 heteroatoms. The Kier molecular flexibility index (Phi) is 201. The second-order valence-electron chi connectivity index (χ2n) is 0. The van der Waals surface area contributed by atoms with Crippen LogP contribution in [0.25, 0.3) is 0 Å². The van der Waals surface area contributed by atoms with Gasteiger partial charge in [0.2, 0.25) is 0 Å². The van der Waals surface area contributed by atoms with Crippen LogP contribution in [0.15, 0.2) is 0 Å². The molecule has 0 aliphatic carbocycles. The number of hydrogen-bond acceptors (Lipinski definition) is 0. The molecule has 0 radical (unpaired) electrons. The molecule has 0 bridgehead atoms. The van der Waals surface area contributed by atoms with Crippen molar-refractivity contribution < 1.29 is 46.0 Å². The Bertz CT molecular complexity index is 8.00. The van der Waals surface area contributed by atoms with Crippen LogP contribution < -0.4 is 0 Å². The van der Waals surface area contributed by atoms with Crippen LogP contribution in [0.4, 0.5) is 0 Å². The molecule has 0 rings (SSSR count). The standard InChI is InChI=1S/Ga.Mo.O.Zn/q+3;+4;-2;+2. The van der Waals surface area contributed by atoms with E-state index >= 15 is 0 Å². The summed E-state index contributed by atoms with van der Waals surface area (Å²) in [5.74, 6) is 0. The monoisotopic (exact) mass is 247 g/mol. The topological polar surface area (TPSA) is 28.5 Å². The van der Waals surface area contributed by atoms with Crippen LogP contribution in [0.3, 0.4) is 0 Å². The van der Waals surface area contributed by atoms with Gasteiger partial charge in [0.05, 0.1) is 0 Å². The van der Waals surface area contributed by atoms with Gasteiger partial charge in [0.15, 0.2) is 0 Å². The van der Waals surface area contributed by atoms with Gasteiger partial charge in [-0.1, -0.05) is 0 Å². The molecule has 0 unspecified atom stereocenters. The minimum atomic E-state index is 0. The van der Waals surface area contributed by atoms with Gasteiger partial charge in [0, 0.05) is 0 Å². The molecule has 4 heavy (non-hydrogen) atoms. The Morgan fingerprint density at radius 1 is 1.00 bits per heavy atom. The Morgan fingerprint density at radius 2 is 1.00 bits per heavy atom. The van der Waals surface area contributed by atoms with E-state index in [9.17, 15) is 0 Å². The van der Waals surface area contributed by atoms with Crippen LogP contribution in [0.5, 0.6) is 0 Å². The minimum Gasteiger partial charge on any atom is -2.00 e. The Hall–Kier alpha value is 1.91. The molecule has 0 aliphatic rings. The molecular weight excluding hydrogens is 247 g/mol. The summed E-state index contributed by atoms with van der Waals surface area (Å²) in [6.07, 6.45) is 0. The third kappa shape index (κ3) is 9.08. The molecule has 10 valence electrons. The molecule has 0 atom stereocenters. The maximum absolute atomic E-state index is 0. The van der Waals surface area contributed by atoms with Gasteiger partial charge >= 0.3 is 60.3 Å². The summed E-state index contributed by atoms with van der Waals surface area (Å²) in [5.41, 5.74) is 0. The molecule has 0 aromatic carbocycles. The van der Waals surface area contributed by atoms with E-state index in [1.165, 1.54) is 0 Å². The molecule has 0 aromatic rings. The van der Waals surface area contributed by atoms with Gasteiger partial charge < -0.3 is 5.48 Å². The summed E-state index contributed by atoms with van der Waals surface area (Å²) in [6.45, 7) is 0. The second kappa shape index (κ2) is 20.6. The average Bonchev–Trinajstić information content (AvgIpc) is 0. The quantitative estimate of drug-likeness (QED) is 0.516. The van der Waals surface area contributed by atoms with E-state index in [-0.39, 0.29) is 65.8 Å². The fourth-order valence-electron chi connectivity index (χ4n) is 0. The van der Waals surface area contributed by atoms with E-state index in [1.807, 2.05) is 0 Å². The van der Waals surface area contributed by atoms with E-state index in [0.29, 0.717) is 0 Å². The van der Waals surface area contributed by atoms with E-state index in [1.54, 1.807) is 0 Å². The van der Waals surface area contributed by atoms with E-state index in [2.05, 4.69) is 0 Å². The van der Waals surface area contributed by atoms with Gasteiger partial charge in [-0.05, 0) is 0 Å². The Morgan fingerprint density at radius 3 is 1.00 bits per heavy atom. The maximum atomic E-state index is 0. The zero-order valence-electron chi connectivity index (χ0n) is 2.10. The van der Waals surface area contributed by atoms with Crippen LogP contribution in [0.1, 0.15) is 0 Å². The summed E-state index contributed by atoms with van der Waals surface area (Å²) >= 11 is 0. The molecule has 0 saturated heterocycles. The summed E-state index contributed by atoms with van der Waals surface area (Å²) in [6, 6.07) is 0. The van der Waals surface area contributed by atoms with Gasteiger partial charge in [-0.2, -0.15) is 0 Å². The van der Waals surface area contributed by atoms with Crippen molar-refractivity contribution >= 4 is 19.8 Å². The van der Waals surface area contributed by atoms with E-state index in [0.717, 1.165) is 0 Å². The molecule has 0 spiro atoms. The van der Waals surface area contributed by atoms with Crippen LogP contribution in [-0.4, -0.2) is 19.8 Å². The Balaban J connectivity index is 0. The summed E-state index contributed by atoms with van der Waals surface area (Å²) in [4.78, 5) is 0. The number of hydrogen-bond donors (Lipinski definition) is 0. The molecule has 0 N–H and O–H groups in total. The van der Waals surface area contributed by atoms with Gasteiger partial charge in [0.25, 0.3) is 0 Å². The zero-order valence-corrected chi connectivity index (χ0v) is 9.50. The molecule has 0 heterocycles. The van der Waals surface area contributed by atoms with Crippen molar-refractivity contribution in [1.29, 1.82) is 0 Å². The molecular formula is GaMoOZn+7.